The Bertz CT molecular complexity index is 215. The highest BCUT2D eigenvalue weighted by Crippen LogP contribution is 2.49. The minimum Gasteiger partial charge on any atom is -0.299 e. The lowest BCUT2D eigenvalue weighted by molar-refractivity contribution is -0.132. The first-order valence-electron chi connectivity index (χ1n) is 5.81. The minimum absolute atomic E-state index is 0.00444. The van der Waals surface area contributed by atoms with Gasteiger partial charge in [0, 0.05) is 5.41 Å². The van der Waals surface area contributed by atoms with E-state index in [0.717, 1.165) is 12.8 Å². The Kier molecular flexibility index (Phi) is 3.08. The number of ketones is 1. The van der Waals surface area contributed by atoms with Crippen molar-refractivity contribution in [2.45, 2.75) is 60.3 Å². The lowest BCUT2D eigenvalue weighted by Crippen LogP contribution is -2.40. The van der Waals surface area contributed by atoms with Crippen molar-refractivity contribution in [2.24, 2.45) is 16.7 Å². The summed E-state index contributed by atoms with van der Waals surface area (Å²) < 4.78 is 0. The number of hydrogen-bond donors (Lipinski definition) is 0. The van der Waals surface area contributed by atoms with Gasteiger partial charge in [0.1, 0.15) is 5.78 Å². The summed E-state index contributed by atoms with van der Waals surface area (Å²) >= 11 is 0. The van der Waals surface area contributed by atoms with Crippen molar-refractivity contribution in [2.75, 3.05) is 0 Å². The summed E-state index contributed by atoms with van der Waals surface area (Å²) in [6.07, 6.45) is 4.58. The highest BCUT2D eigenvalue weighted by atomic mass is 16.1. The van der Waals surface area contributed by atoms with Crippen LogP contribution in [0.5, 0.6) is 0 Å². The Morgan fingerprint density at radius 1 is 1.07 bits per heavy atom. The van der Waals surface area contributed by atoms with E-state index in [9.17, 15) is 4.79 Å². The number of Topliss-reactive ketones (excluding diaryl/α,β-unsaturated/α-hetero) is 1. The lowest BCUT2D eigenvalue weighted by atomic mass is 9.59. The van der Waals surface area contributed by atoms with Crippen LogP contribution in [0.3, 0.4) is 0 Å². The summed E-state index contributed by atoms with van der Waals surface area (Å²) in [5.41, 5.74) is 0.448. The summed E-state index contributed by atoms with van der Waals surface area (Å²) in [7, 11) is 0. The van der Waals surface area contributed by atoms with Crippen LogP contribution in [0, 0.1) is 16.7 Å². The van der Waals surface area contributed by atoms with Gasteiger partial charge < -0.3 is 0 Å². The average Bonchev–Trinajstić information content (AvgIpc) is 2.03. The predicted molar refractivity (Wildman–Crippen MR) is 60.2 cm³/mol. The first kappa shape index (κ1) is 11.7. The third-order valence-electron chi connectivity index (χ3n) is 4.30. The maximum atomic E-state index is 11.8. The smallest absolute Gasteiger partial charge is 0.136 e. The van der Waals surface area contributed by atoms with Gasteiger partial charge in [-0.2, -0.15) is 0 Å². The summed E-state index contributed by atoms with van der Waals surface area (Å²) in [6, 6.07) is 0. The molecule has 0 aromatic rings. The predicted octanol–water partition coefficient (Wildman–Crippen LogP) is 3.82. The second kappa shape index (κ2) is 3.67. The van der Waals surface area contributed by atoms with Gasteiger partial charge in [-0.3, -0.25) is 4.79 Å². The molecule has 0 amide bonds. The minimum atomic E-state index is -0.00444. The van der Waals surface area contributed by atoms with Gasteiger partial charge in [-0.15, -0.1) is 0 Å². The van der Waals surface area contributed by atoms with Gasteiger partial charge in [-0.25, -0.2) is 0 Å². The van der Waals surface area contributed by atoms with Gasteiger partial charge in [0.25, 0.3) is 0 Å². The Morgan fingerprint density at radius 2 is 1.50 bits per heavy atom. The zero-order chi connectivity index (χ0) is 11.0. The van der Waals surface area contributed by atoms with Gasteiger partial charge in [0.15, 0.2) is 0 Å². The standard InChI is InChI=1S/C13H24O/c1-10(2)13(11(3)14)8-6-12(4,5)7-9-13/h10H,6-9H2,1-5H3. The Labute approximate surface area is 88.3 Å². The van der Waals surface area contributed by atoms with Crippen LogP contribution in [0.25, 0.3) is 0 Å². The Hall–Kier alpha value is -0.330. The van der Waals surface area contributed by atoms with Crippen LogP contribution in [-0.2, 0) is 4.79 Å². The van der Waals surface area contributed by atoms with Crippen molar-refractivity contribution in [1.82, 2.24) is 0 Å². The van der Waals surface area contributed by atoms with Crippen LogP contribution >= 0.6 is 0 Å². The van der Waals surface area contributed by atoms with E-state index in [2.05, 4.69) is 27.7 Å². The van der Waals surface area contributed by atoms with E-state index in [1.165, 1.54) is 12.8 Å². The van der Waals surface area contributed by atoms with Crippen LogP contribution in [0.2, 0.25) is 0 Å². The molecule has 1 nitrogen and oxygen atoms in total. The Morgan fingerprint density at radius 3 is 1.79 bits per heavy atom. The number of carbonyl (C=O) groups is 1. The molecule has 0 heterocycles. The molecule has 0 bridgehead atoms. The molecule has 0 N–H and O–H groups in total. The molecule has 1 rings (SSSR count). The van der Waals surface area contributed by atoms with E-state index in [1.54, 1.807) is 6.92 Å². The largest absolute Gasteiger partial charge is 0.299 e. The number of hydrogen-bond acceptors (Lipinski definition) is 1. The molecule has 0 aromatic carbocycles. The van der Waals surface area contributed by atoms with Gasteiger partial charge in [-0.05, 0) is 43.9 Å². The molecule has 0 saturated heterocycles. The highest BCUT2D eigenvalue weighted by molar-refractivity contribution is 5.82. The molecule has 0 radical (unpaired) electrons. The third kappa shape index (κ3) is 2.02. The van der Waals surface area contributed by atoms with Crippen molar-refractivity contribution in [1.29, 1.82) is 0 Å². The van der Waals surface area contributed by atoms with Gasteiger partial charge in [0.05, 0.1) is 0 Å². The van der Waals surface area contributed by atoms with Gasteiger partial charge >= 0.3 is 0 Å². The first-order valence-corrected chi connectivity index (χ1v) is 5.81. The van der Waals surface area contributed by atoms with Crippen molar-refractivity contribution < 1.29 is 4.79 Å². The molecule has 1 saturated carbocycles. The molecule has 0 aromatic heterocycles. The molecule has 0 atom stereocenters. The van der Waals surface area contributed by atoms with Gasteiger partial charge in [0.2, 0.25) is 0 Å². The van der Waals surface area contributed by atoms with Crippen LogP contribution in [0.15, 0.2) is 0 Å². The van der Waals surface area contributed by atoms with Crippen LogP contribution in [-0.4, -0.2) is 5.78 Å². The zero-order valence-electron chi connectivity index (χ0n) is 10.3. The summed E-state index contributed by atoms with van der Waals surface area (Å²) in [4.78, 5) is 11.8. The molecule has 0 unspecified atom stereocenters. The molecule has 1 fully saturated rings. The normalized spacial score (nSPS) is 25.0. The fourth-order valence-corrected chi connectivity index (χ4v) is 2.71. The van der Waals surface area contributed by atoms with Crippen LogP contribution in [0.4, 0.5) is 0 Å². The van der Waals surface area contributed by atoms with E-state index >= 15 is 0 Å². The first-order chi connectivity index (χ1) is 6.30. The molecule has 0 spiro atoms. The van der Waals surface area contributed by atoms with Crippen LogP contribution in [0.1, 0.15) is 60.3 Å². The van der Waals surface area contributed by atoms with E-state index < -0.39 is 0 Å². The monoisotopic (exact) mass is 196 g/mol. The highest BCUT2D eigenvalue weighted by Gasteiger charge is 2.43. The maximum Gasteiger partial charge on any atom is 0.136 e. The van der Waals surface area contributed by atoms with Crippen molar-refractivity contribution in [3.8, 4) is 0 Å². The SMILES string of the molecule is CC(=O)C1(C(C)C)CCC(C)(C)CC1. The van der Waals surface area contributed by atoms with Crippen molar-refractivity contribution >= 4 is 5.78 Å². The molecule has 82 valence electrons. The molecule has 1 aliphatic carbocycles. The van der Waals surface area contributed by atoms with Crippen LogP contribution < -0.4 is 0 Å². The maximum absolute atomic E-state index is 11.8. The zero-order valence-corrected chi connectivity index (χ0v) is 10.3. The molecule has 1 aliphatic rings. The van der Waals surface area contributed by atoms with Crippen molar-refractivity contribution in [3.05, 3.63) is 0 Å². The fraction of sp³-hybridized carbons (Fsp3) is 0.923. The summed E-state index contributed by atoms with van der Waals surface area (Å²) in [6.45, 7) is 10.8. The number of rotatable bonds is 2. The second-order valence-electron chi connectivity index (χ2n) is 6.03. The summed E-state index contributed by atoms with van der Waals surface area (Å²) in [5.74, 6) is 0.902. The molecule has 1 heteroatoms. The number of carbonyl (C=O) groups excluding carboxylic acids is 1. The molecular formula is C13H24O. The lowest BCUT2D eigenvalue weighted by Gasteiger charge is -2.44. The summed E-state index contributed by atoms with van der Waals surface area (Å²) in [5, 5.41) is 0. The van der Waals surface area contributed by atoms with E-state index in [4.69, 9.17) is 0 Å². The quantitative estimate of drug-likeness (QED) is 0.656. The molecule has 14 heavy (non-hydrogen) atoms. The molecular weight excluding hydrogens is 172 g/mol. The van der Waals surface area contributed by atoms with E-state index in [1.807, 2.05) is 0 Å². The Balaban J connectivity index is 2.80. The third-order valence-corrected chi connectivity index (χ3v) is 4.30. The van der Waals surface area contributed by atoms with E-state index in [0.29, 0.717) is 17.1 Å². The second-order valence-corrected chi connectivity index (χ2v) is 6.03. The molecule has 0 aliphatic heterocycles. The fourth-order valence-electron chi connectivity index (χ4n) is 2.71. The topological polar surface area (TPSA) is 17.1 Å². The van der Waals surface area contributed by atoms with Crippen molar-refractivity contribution in [3.63, 3.8) is 0 Å². The van der Waals surface area contributed by atoms with Gasteiger partial charge in [-0.1, -0.05) is 27.7 Å². The van der Waals surface area contributed by atoms with E-state index in [-0.39, 0.29) is 5.41 Å². The average molecular weight is 196 g/mol.